The number of aliphatic hydroxyl groups is 1. The molecule has 0 saturated heterocycles. The van der Waals surface area contributed by atoms with Crippen LogP contribution in [-0.2, 0) is 6.42 Å². The van der Waals surface area contributed by atoms with Gasteiger partial charge in [0, 0.05) is 5.56 Å². The second kappa shape index (κ2) is 3.17. The van der Waals surface area contributed by atoms with Crippen LogP contribution in [0, 0.1) is 0 Å². The largest absolute Gasteiger partial charge is 0.388 e. The molecule has 0 fully saturated rings. The number of benzene rings is 1. The predicted octanol–water partition coefficient (Wildman–Crippen LogP) is 1.72. The van der Waals surface area contributed by atoms with Crippen LogP contribution in [-0.4, -0.2) is 15.2 Å². The van der Waals surface area contributed by atoms with Gasteiger partial charge in [-0.2, -0.15) is 4.98 Å². The SMILES string of the molecule is OC1CCc2c(-c3ncon3)cccc21. The summed E-state index contributed by atoms with van der Waals surface area (Å²) in [5.41, 5.74) is 3.11. The minimum Gasteiger partial charge on any atom is -0.388 e. The van der Waals surface area contributed by atoms with Crippen LogP contribution in [0.3, 0.4) is 0 Å². The lowest BCUT2D eigenvalue weighted by molar-refractivity contribution is 0.180. The zero-order chi connectivity index (χ0) is 10.3. The van der Waals surface area contributed by atoms with E-state index in [1.807, 2.05) is 18.2 Å². The lowest BCUT2D eigenvalue weighted by atomic mass is 10.0. The molecule has 0 amide bonds. The monoisotopic (exact) mass is 202 g/mol. The molecule has 1 unspecified atom stereocenters. The first-order valence-corrected chi connectivity index (χ1v) is 4.93. The Hall–Kier alpha value is -1.68. The second-order valence-corrected chi connectivity index (χ2v) is 3.68. The van der Waals surface area contributed by atoms with E-state index in [1.54, 1.807) is 0 Å². The first-order valence-electron chi connectivity index (χ1n) is 4.93. The minimum atomic E-state index is -0.341. The van der Waals surface area contributed by atoms with Gasteiger partial charge in [0.05, 0.1) is 6.10 Å². The van der Waals surface area contributed by atoms with Gasteiger partial charge in [-0.25, -0.2) is 0 Å². The summed E-state index contributed by atoms with van der Waals surface area (Å²) in [4.78, 5) is 4.03. The Kier molecular flexibility index (Phi) is 1.82. The van der Waals surface area contributed by atoms with Crippen molar-refractivity contribution < 1.29 is 9.63 Å². The Morgan fingerprint density at radius 3 is 3.13 bits per heavy atom. The third-order valence-electron chi connectivity index (χ3n) is 2.84. The number of rotatable bonds is 1. The minimum absolute atomic E-state index is 0.341. The molecule has 4 heteroatoms. The number of nitrogens with zero attached hydrogens (tertiary/aromatic N) is 2. The Labute approximate surface area is 86.6 Å². The molecule has 0 radical (unpaired) electrons. The molecule has 0 bridgehead atoms. The van der Waals surface area contributed by atoms with Crippen molar-refractivity contribution >= 4 is 0 Å². The summed E-state index contributed by atoms with van der Waals surface area (Å²) in [5.74, 6) is 0.598. The van der Waals surface area contributed by atoms with Gasteiger partial charge in [-0.15, -0.1) is 0 Å². The summed E-state index contributed by atoms with van der Waals surface area (Å²) in [7, 11) is 0. The van der Waals surface area contributed by atoms with Crippen LogP contribution in [0.4, 0.5) is 0 Å². The first kappa shape index (κ1) is 8.61. The van der Waals surface area contributed by atoms with Crippen molar-refractivity contribution in [2.45, 2.75) is 18.9 Å². The van der Waals surface area contributed by atoms with E-state index >= 15 is 0 Å². The van der Waals surface area contributed by atoms with Gasteiger partial charge >= 0.3 is 0 Å². The summed E-state index contributed by atoms with van der Waals surface area (Å²) in [6, 6.07) is 5.83. The van der Waals surface area contributed by atoms with Crippen molar-refractivity contribution in [1.29, 1.82) is 0 Å². The molecule has 2 aromatic rings. The van der Waals surface area contributed by atoms with Crippen LogP contribution in [0.15, 0.2) is 29.1 Å². The lowest BCUT2D eigenvalue weighted by Gasteiger charge is -2.05. The molecule has 76 valence electrons. The zero-order valence-corrected chi connectivity index (χ0v) is 8.05. The summed E-state index contributed by atoms with van der Waals surface area (Å²) in [6.45, 7) is 0. The van der Waals surface area contributed by atoms with E-state index in [2.05, 4.69) is 10.1 Å². The number of hydrogen-bond donors (Lipinski definition) is 1. The van der Waals surface area contributed by atoms with Gasteiger partial charge in [0.25, 0.3) is 0 Å². The summed E-state index contributed by atoms with van der Waals surface area (Å²) in [6.07, 6.45) is 2.64. The van der Waals surface area contributed by atoms with E-state index in [9.17, 15) is 5.11 Å². The molecule has 15 heavy (non-hydrogen) atoms. The van der Waals surface area contributed by atoms with Crippen molar-refractivity contribution in [2.24, 2.45) is 0 Å². The van der Waals surface area contributed by atoms with Gasteiger partial charge in [0.1, 0.15) is 0 Å². The average Bonchev–Trinajstić information content (AvgIpc) is 2.88. The molecule has 1 aliphatic carbocycles. The van der Waals surface area contributed by atoms with Gasteiger partial charge in [-0.3, -0.25) is 0 Å². The Bertz CT molecular complexity index is 479. The van der Waals surface area contributed by atoms with Crippen LogP contribution in [0.2, 0.25) is 0 Å². The van der Waals surface area contributed by atoms with Crippen LogP contribution in [0.1, 0.15) is 23.7 Å². The molecular weight excluding hydrogens is 192 g/mol. The van der Waals surface area contributed by atoms with Crippen molar-refractivity contribution in [3.8, 4) is 11.4 Å². The van der Waals surface area contributed by atoms with Gasteiger partial charge in [-0.05, 0) is 24.0 Å². The normalized spacial score (nSPS) is 19.1. The fourth-order valence-electron chi connectivity index (χ4n) is 2.13. The maximum absolute atomic E-state index is 9.74. The lowest BCUT2D eigenvalue weighted by Crippen LogP contribution is -1.92. The molecule has 1 aliphatic rings. The zero-order valence-electron chi connectivity index (χ0n) is 8.05. The van der Waals surface area contributed by atoms with Crippen LogP contribution in [0.25, 0.3) is 11.4 Å². The van der Waals surface area contributed by atoms with Crippen molar-refractivity contribution in [3.63, 3.8) is 0 Å². The summed E-state index contributed by atoms with van der Waals surface area (Å²) < 4.78 is 4.73. The topological polar surface area (TPSA) is 59.2 Å². The summed E-state index contributed by atoms with van der Waals surface area (Å²) >= 11 is 0. The van der Waals surface area contributed by atoms with Crippen LogP contribution < -0.4 is 0 Å². The van der Waals surface area contributed by atoms with Gasteiger partial charge in [-0.1, -0.05) is 23.4 Å². The Morgan fingerprint density at radius 1 is 1.40 bits per heavy atom. The smallest absolute Gasteiger partial charge is 0.214 e. The molecule has 0 aliphatic heterocycles. The average molecular weight is 202 g/mol. The van der Waals surface area contributed by atoms with Crippen molar-refractivity contribution in [3.05, 3.63) is 35.7 Å². The van der Waals surface area contributed by atoms with E-state index in [4.69, 9.17) is 4.52 Å². The van der Waals surface area contributed by atoms with Gasteiger partial charge < -0.3 is 9.63 Å². The fraction of sp³-hybridized carbons (Fsp3) is 0.273. The molecule has 4 nitrogen and oxygen atoms in total. The number of aromatic nitrogens is 2. The maximum Gasteiger partial charge on any atom is 0.214 e. The van der Waals surface area contributed by atoms with Crippen LogP contribution in [0.5, 0.6) is 0 Å². The highest BCUT2D eigenvalue weighted by Crippen LogP contribution is 2.36. The van der Waals surface area contributed by atoms with Crippen molar-refractivity contribution in [1.82, 2.24) is 10.1 Å². The number of hydrogen-bond acceptors (Lipinski definition) is 4. The molecule has 1 aromatic carbocycles. The fourth-order valence-corrected chi connectivity index (χ4v) is 2.13. The molecule has 0 spiro atoms. The Balaban J connectivity index is 2.18. The van der Waals surface area contributed by atoms with Gasteiger partial charge in [0.15, 0.2) is 0 Å². The standard InChI is InChI=1S/C11H10N2O2/c14-10-5-4-7-8(10)2-1-3-9(7)11-12-6-15-13-11/h1-3,6,10,14H,4-5H2. The summed E-state index contributed by atoms with van der Waals surface area (Å²) in [5, 5.41) is 13.6. The highest BCUT2D eigenvalue weighted by molar-refractivity contribution is 5.63. The van der Waals surface area contributed by atoms with E-state index in [1.165, 1.54) is 6.39 Å². The second-order valence-electron chi connectivity index (χ2n) is 3.68. The molecule has 1 N–H and O–H groups in total. The van der Waals surface area contributed by atoms with Gasteiger partial charge in [0.2, 0.25) is 12.2 Å². The molecule has 1 aromatic heterocycles. The Morgan fingerprint density at radius 2 is 2.33 bits per heavy atom. The quantitative estimate of drug-likeness (QED) is 0.764. The van der Waals surface area contributed by atoms with Crippen LogP contribution >= 0.6 is 0 Å². The molecular formula is C11H10N2O2. The van der Waals surface area contributed by atoms with E-state index in [-0.39, 0.29) is 6.10 Å². The third kappa shape index (κ3) is 1.26. The molecule has 3 rings (SSSR count). The molecule has 1 atom stereocenters. The van der Waals surface area contributed by atoms with Crippen molar-refractivity contribution in [2.75, 3.05) is 0 Å². The molecule has 1 heterocycles. The number of aliphatic hydroxyl groups excluding tert-OH is 1. The first-order chi connectivity index (χ1) is 7.36. The van der Waals surface area contributed by atoms with E-state index in [0.717, 1.165) is 29.5 Å². The van der Waals surface area contributed by atoms with E-state index in [0.29, 0.717) is 5.82 Å². The molecule has 0 saturated carbocycles. The van der Waals surface area contributed by atoms with E-state index < -0.39 is 0 Å². The third-order valence-corrected chi connectivity index (χ3v) is 2.84. The predicted molar refractivity (Wildman–Crippen MR) is 53.0 cm³/mol. The maximum atomic E-state index is 9.74. The number of fused-ring (bicyclic) bond motifs is 1. The highest BCUT2D eigenvalue weighted by atomic mass is 16.5. The highest BCUT2D eigenvalue weighted by Gasteiger charge is 2.23.